The number of fused-ring (bicyclic) bond motifs is 5. The molecule has 0 spiro atoms. The number of alkyl halides is 2. The average molecular weight is 773 g/mol. The number of carbonyl (C=O) groups is 2. The minimum atomic E-state index is -2.79. The molecule has 3 aromatic heterocycles. The number of hydrogen-bond acceptors (Lipinski definition) is 7. The van der Waals surface area contributed by atoms with Crippen LogP contribution in [0.15, 0.2) is 30.7 Å². The molecule has 10 nitrogen and oxygen atoms in total. The first-order valence-corrected chi connectivity index (χ1v) is 19.9. The topological polar surface area (TPSA) is 108 Å². The molecule has 10 rings (SSSR count). The van der Waals surface area contributed by atoms with Gasteiger partial charge < -0.3 is 20.1 Å². The van der Waals surface area contributed by atoms with Crippen molar-refractivity contribution < 1.29 is 27.2 Å². The molecule has 56 heavy (non-hydrogen) atoms. The van der Waals surface area contributed by atoms with Crippen LogP contribution in [0.3, 0.4) is 0 Å². The van der Waals surface area contributed by atoms with Crippen molar-refractivity contribution in [2.45, 2.75) is 134 Å². The van der Waals surface area contributed by atoms with Crippen LogP contribution < -0.4 is 15.5 Å². The van der Waals surface area contributed by atoms with Gasteiger partial charge in [-0.25, -0.2) is 27.5 Å². The van der Waals surface area contributed by atoms with Gasteiger partial charge in [0, 0.05) is 53.1 Å². The number of halogens is 4. The van der Waals surface area contributed by atoms with E-state index >= 15 is 8.78 Å². The van der Waals surface area contributed by atoms with Gasteiger partial charge in [-0.1, -0.05) is 0 Å². The van der Waals surface area contributed by atoms with Crippen molar-refractivity contribution >= 4 is 40.0 Å². The predicted octanol–water partition coefficient (Wildman–Crippen LogP) is 8.35. The van der Waals surface area contributed by atoms with Crippen molar-refractivity contribution in [2.75, 3.05) is 16.8 Å². The number of carbonyl (C=O) groups excluding carboxylic acids is 2. The van der Waals surface area contributed by atoms with Gasteiger partial charge in [0.15, 0.2) is 17.5 Å². The maximum Gasteiger partial charge on any atom is 0.261 e. The Hall–Kier alpha value is -4.59. The lowest BCUT2D eigenvalue weighted by Crippen LogP contribution is -2.68. The van der Waals surface area contributed by atoms with Crippen LogP contribution in [-0.2, 0) is 10.2 Å². The summed E-state index contributed by atoms with van der Waals surface area (Å²) in [7, 11) is 0. The molecular formula is C42H48F4N8O2. The van der Waals surface area contributed by atoms with E-state index < -0.39 is 34.9 Å². The zero-order chi connectivity index (χ0) is 39.6. The van der Waals surface area contributed by atoms with E-state index in [0.29, 0.717) is 34.0 Å². The number of rotatable bonds is 9. The van der Waals surface area contributed by atoms with Crippen LogP contribution in [0.5, 0.6) is 0 Å². The second-order valence-corrected chi connectivity index (χ2v) is 18.0. The third-order valence-electron chi connectivity index (χ3n) is 13.5. The fourth-order valence-corrected chi connectivity index (χ4v) is 9.92. The fourth-order valence-electron chi connectivity index (χ4n) is 9.92. The van der Waals surface area contributed by atoms with Gasteiger partial charge in [0.1, 0.15) is 11.1 Å². The number of aromatic nitrogens is 4. The third kappa shape index (κ3) is 5.63. The summed E-state index contributed by atoms with van der Waals surface area (Å²) in [6, 6.07) is 5.43. The highest BCUT2D eigenvalue weighted by Gasteiger charge is 2.57. The van der Waals surface area contributed by atoms with Gasteiger partial charge in [0.2, 0.25) is 5.91 Å². The maximum absolute atomic E-state index is 15.7. The normalized spacial score (nSPS) is 26.2. The minimum Gasteiger partial charge on any atom is -0.341 e. The summed E-state index contributed by atoms with van der Waals surface area (Å²) in [5.74, 6) is -2.51. The van der Waals surface area contributed by atoms with E-state index in [1.54, 1.807) is 18.6 Å². The number of nitrogens with zero attached hydrogens (tertiary/aromatic N) is 6. The Morgan fingerprint density at radius 1 is 0.964 bits per heavy atom. The lowest BCUT2D eigenvalue weighted by Gasteiger charge is -2.61. The number of benzene rings is 1. The molecule has 3 saturated carbocycles. The smallest absolute Gasteiger partial charge is 0.261 e. The molecular weight excluding hydrogens is 725 g/mol. The first-order valence-electron chi connectivity index (χ1n) is 19.9. The standard InChI is InChI=1S/C42H48F4N8O2/c1-21(2)52-20-48-30-15-28(49-36(34(30)52)50-29-14-27(22(3)32(43)33(29)44)37(55)51-42(11-12-42)38(45)46)24-13-31-35(47-18-24)40(4,5)39(56)54(31)26-16-41(6,17-26)53-19-23-7-9-25(53)10-8-23/h13-15,18,20-21,23,25-26,38H,7-12,16-17,19H2,1-6H3,(H,49,50)(H,51,55)/t23?,25?,26-,41+. The Kier molecular flexibility index (Phi) is 8.40. The van der Waals surface area contributed by atoms with Crippen LogP contribution in [-0.4, -0.2) is 72.4 Å². The molecule has 6 heterocycles. The highest BCUT2D eigenvalue weighted by molar-refractivity contribution is 6.08. The number of imidazole rings is 1. The molecule has 2 bridgehead atoms. The Labute approximate surface area is 323 Å². The molecule has 0 radical (unpaired) electrons. The molecule has 14 heteroatoms. The lowest BCUT2D eigenvalue weighted by molar-refractivity contribution is -0.125. The molecule has 4 aromatic rings. The van der Waals surface area contributed by atoms with Gasteiger partial charge in [0.05, 0.1) is 40.0 Å². The molecule has 6 aliphatic rings. The SMILES string of the molecule is Cc1c(C(=O)NC2(C(F)F)CC2)cc(Nc2nc(-c3cnc4c(c3)N([C@H]3C[C@@](C)(N5CC6CCC5CC6)C3)C(=O)C4(C)C)cc3ncn(C(C)C)c23)c(F)c1F. The van der Waals surface area contributed by atoms with Crippen LogP contribution in [0.2, 0.25) is 0 Å². The van der Waals surface area contributed by atoms with Crippen molar-refractivity contribution in [1.82, 2.24) is 29.7 Å². The summed E-state index contributed by atoms with van der Waals surface area (Å²) in [6.07, 6.45) is 7.62. The van der Waals surface area contributed by atoms with E-state index in [-0.39, 0.29) is 59.0 Å². The number of pyridine rings is 2. The number of nitrogens with one attached hydrogen (secondary N) is 2. The molecule has 296 valence electrons. The van der Waals surface area contributed by atoms with Crippen molar-refractivity contribution in [3.05, 3.63) is 59.2 Å². The first-order chi connectivity index (χ1) is 26.5. The second kappa shape index (κ2) is 12.7. The van der Waals surface area contributed by atoms with E-state index in [1.807, 2.05) is 43.2 Å². The van der Waals surface area contributed by atoms with Crippen molar-refractivity contribution in [3.63, 3.8) is 0 Å². The van der Waals surface area contributed by atoms with Gasteiger partial charge in [-0.05, 0) is 117 Å². The summed E-state index contributed by atoms with van der Waals surface area (Å²) in [5.41, 5.74) is 0.116. The average Bonchev–Trinajstić information content (AvgIpc) is 3.77. The van der Waals surface area contributed by atoms with E-state index in [0.717, 1.165) is 37.1 Å². The quantitative estimate of drug-likeness (QED) is 0.165. The molecule has 3 aliphatic heterocycles. The molecule has 0 unspecified atom stereocenters. The van der Waals surface area contributed by atoms with Crippen LogP contribution in [0.1, 0.15) is 114 Å². The van der Waals surface area contributed by atoms with Crippen LogP contribution in [0.25, 0.3) is 22.3 Å². The number of piperidine rings is 2. The van der Waals surface area contributed by atoms with Gasteiger partial charge in [-0.15, -0.1) is 0 Å². The van der Waals surface area contributed by atoms with Crippen molar-refractivity contribution in [1.29, 1.82) is 0 Å². The monoisotopic (exact) mass is 772 g/mol. The number of anilines is 3. The molecule has 5 fully saturated rings. The molecule has 2 N–H and O–H groups in total. The minimum absolute atomic E-state index is 0.0173. The highest BCUT2D eigenvalue weighted by atomic mass is 19.3. The fraction of sp³-hybridized carbons (Fsp3) is 0.548. The summed E-state index contributed by atoms with van der Waals surface area (Å²) in [5, 5.41) is 5.28. The summed E-state index contributed by atoms with van der Waals surface area (Å²) < 4.78 is 60.4. The molecule has 1 aromatic carbocycles. The van der Waals surface area contributed by atoms with Crippen molar-refractivity contribution in [2.24, 2.45) is 5.92 Å². The van der Waals surface area contributed by atoms with Gasteiger partial charge in [-0.3, -0.25) is 19.5 Å². The second-order valence-electron chi connectivity index (χ2n) is 18.0. The van der Waals surface area contributed by atoms with Crippen LogP contribution in [0.4, 0.5) is 34.8 Å². The Bertz CT molecular complexity index is 2290. The zero-order valence-electron chi connectivity index (χ0n) is 32.6. The third-order valence-corrected chi connectivity index (χ3v) is 13.5. The summed E-state index contributed by atoms with van der Waals surface area (Å²) in [6.45, 7) is 12.4. The Morgan fingerprint density at radius 3 is 2.30 bits per heavy atom. The lowest BCUT2D eigenvalue weighted by atomic mass is 9.67. The molecule has 0 atom stereocenters. The van der Waals surface area contributed by atoms with Crippen LogP contribution in [0, 0.1) is 24.5 Å². The van der Waals surface area contributed by atoms with Crippen LogP contribution >= 0.6 is 0 Å². The first kappa shape index (κ1) is 37.0. The molecule has 2 amide bonds. The predicted molar refractivity (Wildman–Crippen MR) is 205 cm³/mol. The van der Waals surface area contributed by atoms with Gasteiger partial charge in [0.25, 0.3) is 12.3 Å². The Morgan fingerprint density at radius 2 is 1.68 bits per heavy atom. The summed E-state index contributed by atoms with van der Waals surface area (Å²) in [4.78, 5) is 46.5. The number of hydrogen-bond donors (Lipinski definition) is 2. The zero-order valence-corrected chi connectivity index (χ0v) is 32.6. The summed E-state index contributed by atoms with van der Waals surface area (Å²) >= 11 is 0. The Balaban J connectivity index is 1.07. The van der Waals surface area contributed by atoms with Gasteiger partial charge in [-0.2, -0.15) is 0 Å². The van der Waals surface area contributed by atoms with E-state index in [1.165, 1.54) is 32.6 Å². The number of amides is 2. The largest absolute Gasteiger partial charge is 0.341 e. The van der Waals surface area contributed by atoms with Crippen molar-refractivity contribution in [3.8, 4) is 11.3 Å². The molecule has 2 saturated heterocycles. The van der Waals surface area contributed by atoms with E-state index in [4.69, 9.17) is 9.97 Å². The maximum atomic E-state index is 15.7. The molecule has 3 aliphatic carbocycles. The van der Waals surface area contributed by atoms with Gasteiger partial charge >= 0.3 is 0 Å². The van der Waals surface area contributed by atoms with E-state index in [9.17, 15) is 18.4 Å². The van der Waals surface area contributed by atoms with E-state index in [2.05, 4.69) is 27.4 Å². The highest BCUT2D eigenvalue weighted by Crippen LogP contribution is 2.52.